The predicted molar refractivity (Wildman–Crippen MR) is 160 cm³/mol. The van der Waals surface area contributed by atoms with E-state index in [0.717, 1.165) is 7.11 Å². The average molecular weight is 904 g/mol. The minimum Gasteiger partial charge on any atom is -0.506 e. The summed E-state index contributed by atoms with van der Waals surface area (Å²) in [7, 11) is 1.09. The largest absolute Gasteiger partial charge is 0.506 e. The van der Waals surface area contributed by atoms with Crippen LogP contribution in [0, 0.1) is 0 Å². The molecule has 4 rings (SSSR count). The number of Topliss-reactive ketones (excluding diaryl/α,β-unsaturated/α-hetero) is 2. The van der Waals surface area contributed by atoms with Crippen molar-refractivity contribution in [2.75, 3.05) is 7.11 Å². The molecule has 0 aromatic heterocycles. The third-order valence-corrected chi connectivity index (χ3v) is 9.61. The number of esters is 1. The van der Waals surface area contributed by atoms with Crippen molar-refractivity contribution in [3.63, 3.8) is 0 Å². The number of methoxy groups -OCH3 is 1. The number of phenolic OH excluding ortho intramolecular Hbond substituents is 3. The van der Waals surface area contributed by atoms with Gasteiger partial charge in [-0.05, 0) is 149 Å². The molecule has 3 N–H and O–H groups in total. The van der Waals surface area contributed by atoms with Crippen molar-refractivity contribution < 1.29 is 34.4 Å². The minimum absolute atomic E-state index is 0.127. The van der Waals surface area contributed by atoms with Crippen LogP contribution in [0.1, 0.15) is 16.7 Å². The third kappa shape index (κ3) is 4.52. The summed E-state index contributed by atoms with van der Waals surface area (Å²) in [5.74, 6) is -3.14. The molecule has 0 radical (unpaired) electrons. The van der Waals surface area contributed by atoms with Crippen LogP contribution in [0.4, 0.5) is 0 Å². The van der Waals surface area contributed by atoms with Crippen molar-refractivity contribution in [3.05, 3.63) is 85.5 Å². The summed E-state index contributed by atoms with van der Waals surface area (Å²) in [6.45, 7) is 0. The van der Waals surface area contributed by atoms with E-state index in [1.54, 1.807) is 0 Å². The first-order valence-corrected chi connectivity index (χ1v) is 15.0. The van der Waals surface area contributed by atoms with Crippen LogP contribution >= 0.6 is 95.6 Å². The van der Waals surface area contributed by atoms with Crippen LogP contribution in [-0.2, 0) is 24.5 Å². The van der Waals surface area contributed by atoms with Crippen molar-refractivity contribution in [1.29, 1.82) is 0 Å². The van der Waals surface area contributed by atoms with Crippen LogP contribution in [-0.4, -0.2) is 40.0 Å². The maximum Gasteiger partial charge on any atom is 0.342 e. The van der Waals surface area contributed by atoms with Gasteiger partial charge < -0.3 is 20.1 Å². The van der Waals surface area contributed by atoms with Crippen LogP contribution in [0.2, 0.25) is 0 Å². The first kappa shape index (κ1) is 29.5. The number of carbonyl (C=O) groups is 3. The van der Waals surface area contributed by atoms with Crippen molar-refractivity contribution in [2.24, 2.45) is 0 Å². The van der Waals surface area contributed by atoms with Gasteiger partial charge in [0, 0.05) is 5.57 Å². The molecule has 1 aliphatic carbocycles. The number of hydrogen-bond donors (Lipinski definition) is 3. The zero-order valence-corrected chi connectivity index (χ0v) is 28.2. The van der Waals surface area contributed by atoms with E-state index in [1.807, 2.05) is 0 Å². The maximum absolute atomic E-state index is 14.6. The molecule has 3 aromatic carbocycles. The number of allylic oxidation sites excluding steroid dienone is 1. The molecule has 0 amide bonds. The molecule has 0 bridgehead atoms. The summed E-state index contributed by atoms with van der Waals surface area (Å²) in [4.78, 5) is 42.1. The number of benzene rings is 3. The van der Waals surface area contributed by atoms with E-state index < -0.39 is 28.5 Å². The fraction of sp³-hybridized carbons (Fsp3) is 0.0800. The lowest BCUT2D eigenvalue weighted by Gasteiger charge is -2.29. The van der Waals surface area contributed by atoms with Gasteiger partial charge in [-0.2, -0.15) is 0 Å². The van der Waals surface area contributed by atoms with Gasteiger partial charge in [0.2, 0.25) is 0 Å². The van der Waals surface area contributed by atoms with E-state index in [2.05, 4.69) is 95.6 Å². The Morgan fingerprint density at radius 3 is 1.34 bits per heavy atom. The Morgan fingerprint density at radius 1 is 0.658 bits per heavy atom. The molecule has 0 spiro atoms. The highest BCUT2D eigenvalue weighted by atomic mass is 79.9. The van der Waals surface area contributed by atoms with Gasteiger partial charge in [-0.25, -0.2) is 4.79 Å². The van der Waals surface area contributed by atoms with Crippen LogP contribution in [0.5, 0.6) is 17.2 Å². The number of hydrogen-bond acceptors (Lipinski definition) is 7. The second kappa shape index (κ2) is 10.8. The monoisotopic (exact) mass is 898 g/mol. The van der Waals surface area contributed by atoms with Gasteiger partial charge in [0.25, 0.3) is 0 Å². The van der Waals surface area contributed by atoms with Crippen LogP contribution in [0.25, 0.3) is 5.57 Å². The molecule has 38 heavy (non-hydrogen) atoms. The highest BCUT2D eigenvalue weighted by Crippen LogP contribution is 2.52. The molecular weight excluding hydrogens is 892 g/mol. The SMILES string of the molecule is COC(=O)C1=C(c2cc(Br)c(O)c(Br)c2)C(=O)C(c2cc(Br)c(O)c(Br)c2)(c2cc(Br)c(O)c(Br)c2)C1=O. The Hall–Kier alpha value is -1.51. The van der Waals surface area contributed by atoms with E-state index >= 15 is 0 Å². The molecule has 0 aliphatic heterocycles. The normalized spacial score (nSPS) is 14.8. The zero-order chi connectivity index (χ0) is 28.3. The standard InChI is InChI=1S/C25H12Br6O7/c1-38-24(37)18-17(8-2-11(26)19(32)12(27)3-8)22(35)25(23(18)36,9-4-13(28)20(33)14(29)5-9)10-6-15(30)21(34)16(31)7-10/h2-7,32-34H,1H3. The lowest BCUT2D eigenvalue weighted by Crippen LogP contribution is -2.42. The van der Waals surface area contributed by atoms with E-state index in [9.17, 15) is 29.7 Å². The lowest BCUT2D eigenvalue weighted by atomic mass is 9.69. The quantitative estimate of drug-likeness (QED) is 0.142. The Balaban J connectivity index is 2.18. The van der Waals surface area contributed by atoms with Gasteiger partial charge >= 0.3 is 5.97 Å². The van der Waals surface area contributed by atoms with Crippen molar-refractivity contribution in [3.8, 4) is 17.2 Å². The predicted octanol–water partition coefficient (Wildman–Crippen LogP) is 7.44. The molecule has 0 atom stereocenters. The Labute approximate surface area is 266 Å². The molecule has 3 aromatic rings. The summed E-state index contributed by atoms with van der Waals surface area (Å²) >= 11 is 19.5. The number of ketones is 2. The number of halogens is 6. The Bertz CT molecular complexity index is 1490. The van der Waals surface area contributed by atoms with Gasteiger partial charge in [-0.1, -0.05) is 0 Å². The third-order valence-electron chi connectivity index (χ3n) is 5.98. The van der Waals surface area contributed by atoms with Crippen molar-refractivity contribution in [2.45, 2.75) is 5.41 Å². The van der Waals surface area contributed by atoms with Gasteiger partial charge in [-0.3, -0.25) is 9.59 Å². The highest BCUT2D eigenvalue weighted by molar-refractivity contribution is 9.11. The number of aromatic hydroxyl groups is 3. The Kier molecular flexibility index (Phi) is 8.38. The summed E-state index contributed by atoms with van der Waals surface area (Å²) in [5.41, 5.74) is -2.45. The van der Waals surface area contributed by atoms with Gasteiger partial charge in [-0.15, -0.1) is 0 Å². The summed E-state index contributed by atoms with van der Waals surface area (Å²) in [5, 5.41) is 30.9. The van der Waals surface area contributed by atoms with Gasteiger partial charge in [0.05, 0.1) is 33.9 Å². The number of rotatable bonds is 4. The number of ether oxygens (including phenoxy) is 1. The molecule has 0 fully saturated rings. The summed E-state index contributed by atoms with van der Waals surface area (Å²) in [6.07, 6.45) is 0. The molecule has 0 saturated carbocycles. The fourth-order valence-corrected chi connectivity index (χ4v) is 7.80. The second-order valence-corrected chi connectivity index (χ2v) is 13.1. The van der Waals surface area contributed by atoms with E-state index in [-0.39, 0.29) is 66.3 Å². The molecule has 196 valence electrons. The molecule has 13 heteroatoms. The van der Waals surface area contributed by atoms with Gasteiger partial charge in [0.15, 0.2) is 11.6 Å². The van der Waals surface area contributed by atoms with E-state index in [0.29, 0.717) is 0 Å². The first-order chi connectivity index (χ1) is 17.8. The molecule has 1 aliphatic rings. The van der Waals surface area contributed by atoms with Crippen LogP contribution in [0.3, 0.4) is 0 Å². The second-order valence-electron chi connectivity index (χ2n) is 8.02. The van der Waals surface area contributed by atoms with Crippen LogP contribution < -0.4 is 0 Å². The molecular formula is C25H12Br6O7. The molecule has 0 unspecified atom stereocenters. The summed E-state index contributed by atoms with van der Waals surface area (Å²) in [6, 6.07) is 8.45. The maximum atomic E-state index is 14.6. The van der Waals surface area contributed by atoms with Gasteiger partial charge in [0.1, 0.15) is 28.2 Å². The number of carbonyl (C=O) groups excluding carboxylic acids is 3. The lowest BCUT2D eigenvalue weighted by molar-refractivity contribution is -0.138. The van der Waals surface area contributed by atoms with Crippen LogP contribution in [0.15, 0.2) is 68.8 Å². The van der Waals surface area contributed by atoms with E-state index in [1.165, 1.54) is 36.4 Å². The van der Waals surface area contributed by atoms with Crippen molar-refractivity contribution in [1.82, 2.24) is 0 Å². The average Bonchev–Trinajstić information content (AvgIpc) is 3.10. The Morgan fingerprint density at radius 2 is 1.00 bits per heavy atom. The van der Waals surface area contributed by atoms with Crippen molar-refractivity contribution >= 4 is 119 Å². The molecule has 7 nitrogen and oxygen atoms in total. The fourth-order valence-electron chi connectivity index (χ4n) is 4.24. The highest BCUT2D eigenvalue weighted by Gasteiger charge is 2.59. The smallest absolute Gasteiger partial charge is 0.342 e. The topological polar surface area (TPSA) is 121 Å². The first-order valence-electron chi connectivity index (χ1n) is 10.2. The van der Waals surface area contributed by atoms with E-state index in [4.69, 9.17) is 4.74 Å². The molecule has 0 saturated heterocycles. The summed E-state index contributed by atoms with van der Waals surface area (Å²) < 4.78 is 6.08. The number of phenols is 3. The zero-order valence-electron chi connectivity index (χ0n) is 18.7. The minimum atomic E-state index is -2.13. The molecule has 0 heterocycles.